The summed E-state index contributed by atoms with van der Waals surface area (Å²) in [6.07, 6.45) is 3.18. The lowest BCUT2D eigenvalue weighted by Crippen LogP contribution is -2.01. The smallest absolute Gasteiger partial charge is 0.175 e. The second kappa shape index (κ2) is 11.6. The van der Waals surface area contributed by atoms with E-state index in [2.05, 4.69) is 4.99 Å². The minimum Gasteiger partial charge on any atom is -0.496 e. The molecular weight excluding hydrogens is 466 g/mol. The van der Waals surface area contributed by atoms with Gasteiger partial charge in [-0.1, -0.05) is 35.9 Å². The minimum atomic E-state index is -3.62. The first-order valence-corrected chi connectivity index (χ1v) is 12.5. The fraction of sp³-hybridized carbons (Fsp3) is 0.222. The molecule has 0 bridgehead atoms. The van der Waals surface area contributed by atoms with Gasteiger partial charge in [0.1, 0.15) is 28.7 Å². The Bertz CT molecular complexity index is 1300. The molecular formula is C27H29NO6S. The van der Waals surface area contributed by atoms with Crippen LogP contribution in [0.2, 0.25) is 0 Å². The summed E-state index contributed by atoms with van der Waals surface area (Å²) in [4.78, 5) is 4.52. The fourth-order valence-electron chi connectivity index (χ4n) is 3.37. The zero-order valence-corrected chi connectivity index (χ0v) is 21.3. The molecule has 7 nitrogen and oxygen atoms in total. The first kappa shape index (κ1) is 25.8. The third-order valence-corrected chi connectivity index (χ3v) is 6.52. The topological polar surface area (TPSA) is 83.4 Å². The van der Waals surface area contributed by atoms with Crippen LogP contribution in [0.4, 0.5) is 5.69 Å². The number of hydrogen-bond acceptors (Lipinski definition) is 7. The van der Waals surface area contributed by atoms with Crippen LogP contribution >= 0.6 is 0 Å². The summed E-state index contributed by atoms with van der Waals surface area (Å²) >= 11 is 0. The van der Waals surface area contributed by atoms with E-state index in [1.807, 2.05) is 31.2 Å². The second-order valence-corrected chi connectivity index (χ2v) is 9.62. The quantitative estimate of drug-likeness (QED) is 0.352. The molecule has 8 heteroatoms. The molecule has 35 heavy (non-hydrogen) atoms. The van der Waals surface area contributed by atoms with Crippen LogP contribution in [0.3, 0.4) is 0 Å². The summed E-state index contributed by atoms with van der Waals surface area (Å²) in [7, 11) is 2.45. The van der Waals surface area contributed by atoms with Crippen LogP contribution in [0.15, 0.2) is 65.0 Å². The van der Waals surface area contributed by atoms with E-state index in [4.69, 9.17) is 18.9 Å². The fourth-order valence-corrected chi connectivity index (χ4v) is 4.46. The average Bonchev–Trinajstić information content (AvgIpc) is 2.86. The standard InChI is InChI=1S/C27H29NO6S/c1-19-6-8-20(9-7-19)17-28-24-14-21(10-11-25(24)32-3)18-35(29,30)13-12-23-26(33-4)15-22(31-2)16-27(23)34-5/h6-17H,18H2,1-5H3/b13-12+,28-17-. The first-order chi connectivity index (χ1) is 16.8. The Morgan fingerprint density at radius 3 is 2.00 bits per heavy atom. The molecule has 3 aromatic carbocycles. The molecule has 0 spiro atoms. The molecule has 0 aromatic heterocycles. The monoisotopic (exact) mass is 495 g/mol. The third kappa shape index (κ3) is 6.86. The van der Waals surface area contributed by atoms with Crippen LogP contribution in [0.1, 0.15) is 22.3 Å². The van der Waals surface area contributed by atoms with Gasteiger partial charge in [0.25, 0.3) is 0 Å². The summed E-state index contributed by atoms with van der Waals surface area (Å²) in [5, 5.41) is 1.15. The van der Waals surface area contributed by atoms with E-state index >= 15 is 0 Å². The molecule has 0 aliphatic heterocycles. The summed E-state index contributed by atoms with van der Waals surface area (Å²) in [5.41, 5.74) is 3.71. The molecule has 0 aliphatic rings. The van der Waals surface area contributed by atoms with Gasteiger partial charge in [-0.2, -0.15) is 0 Å². The average molecular weight is 496 g/mol. The van der Waals surface area contributed by atoms with Gasteiger partial charge in [-0.3, -0.25) is 4.99 Å². The van der Waals surface area contributed by atoms with Gasteiger partial charge in [0, 0.05) is 23.8 Å². The molecule has 0 amide bonds. The lowest BCUT2D eigenvalue weighted by atomic mass is 10.1. The minimum absolute atomic E-state index is 0.207. The Morgan fingerprint density at radius 1 is 0.800 bits per heavy atom. The van der Waals surface area contributed by atoms with Gasteiger partial charge in [0.05, 0.1) is 39.8 Å². The van der Waals surface area contributed by atoms with Gasteiger partial charge in [0.15, 0.2) is 9.84 Å². The molecule has 3 rings (SSSR count). The molecule has 3 aromatic rings. The third-order valence-electron chi connectivity index (χ3n) is 5.24. The lowest BCUT2D eigenvalue weighted by molar-refractivity contribution is 0.374. The number of ether oxygens (including phenoxy) is 4. The second-order valence-electron chi connectivity index (χ2n) is 7.73. The van der Waals surface area contributed by atoms with Crippen molar-refractivity contribution in [1.29, 1.82) is 0 Å². The van der Waals surface area contributed by atoms with Crippen molar-refractivity contribution in [3.63, 3.8) is 0 Å². The van der Waals surface area contributed by atoms with E-state index in [-0.39, 0.29) is 5.75 Å². The molecule has 0 unspecified atom stereocenters. The van der Waals surface area contributed by atoms with Crippen molar-refractivity contribution in [2.75, 3.05) is 28.4 Å². The Morgan fingerprint density at radius 2 is 1.43 bits per heavy atom. The predicted octanol–water partition coefficient (Wildman–Crippen LogP) is 5.37. The molecule has 0 atom stereocenters. The zero-order chi connectivity index (χ0) is 25.4. The van der Waals surface area contributed by atoms with Crippen LogP contribution in [-0.4, -0.2) is 43.1 Å². The number of methoxy groups -OCH3 is 4. The maximum atomic E-state index is 12.9. The van der Waals surface area contributed by atoms with Crippen molar-refractivity contribution in [3.05, 3.63) is 82.3 Å². The van der Waals surface area contributed by atoms with E-state index in [0.29, 0.717) is 39.8 Å². The number of sulfone groups is 1. The molecule has 184 valence electrons. The molecule has 0 N–H and O–H groups in total. The summed E-state index contributed by atoms with van der Waals surface area (Å²) < 4.78 is 47.2. The van der Waals surface area contributed by atoms with Crippen LogP contribution in [-0.2, 0) is 15.6 Å². The van der Waals surface area contributed by atoms with Gasteiger partial charge in [-0.25, -0.2) is 8.42 Å². The molecule has 0 heterocycles. The van der Waals surface area contributed by atoms with Crippen molar-refractivity contribution in [3.8, 4) is 23.0 Å². The number of benzene rings is 3. The van der Waals surface area contributed by atoms with Crippen molar-refractivity contribution >= 4 is 27.8 Å². The van der Waals surface area contributed by atoms with E-state index in [1.54, 1.807) is 43.7 Å². The van der Waals surface area contributed by atoms with E-state index in [9.17, 15) is 8.42 Å². The van der Waals surface area contributed by atoms with Crippen molar-refractivity contribution in [2.24, 2.45) is 4.99 Å². The van der Waals surface area contributed by atoms with Crippen molar-refractivity contribution in [1.82, 2.24) is 0 Å². The summed E-state index contributed by atoms with van der Waals surface area (Å²) in [6.45, 7) is 2.02. The number of hydrogen-bond donors (Lipinski definition) is 0. The molecule has 0 radical (unpaired) electrons. The first-order valence-electron chi connectivity index (χ1n) is 10.8. The molecule has 0 saturated heterocycles. The van der Waals surface area contributed by atoms with Crippen LogP contribution in [0, 0.1) is 6.92 Å². The van der Waals surface area contributed by atoms with Gasteiger partial charge >= 0.3 is 0 Å². The van der Waals surface area contributed by atoms with Crippen LogP contribution < -0.4 is 18.9 Å². The number of aliphatic imine (C=N–C) groups is 1. The summed E-state index contributed by atoms with van der Waals surface area (Å²) in [5.74, 6) is 1.75. The van der Waals surface area contributed by atoms with E-state index in [0.717, 1.165) is 16.5 Å². The van der Waals surface area contributed by atoms with Crippen molar-refractivity contribution < 1.29 is 27.4 Å². The lowest BCUT2D eigenvalue weighted by Gasteiger charge is -2.12. The largest absolute Gasteiger partial charge is 0.496 e. The molecule has 0 fully saturated rings. The Balaban J connectivity index is 1.86. The zero-order valence-electron chi connectivity index (χ0n) is 20.4. The molecule has 0 aliphatic carbocycles. The highest BCUT2D eigenvalue weighted by Gasteiger charge is 2.14. The van der Waals surface area contributed by atoms with Gasteiger partial charge < -0.3 is 18.9 Å². The highest BCUT2D eigenvalue weighted by molar-refractivity contribution is 7.93. The Labute approximate surface area is 206 Å². The Kier molecular flexibility index (Phi) is 8.54. The maximum absolute atomic E-state index is 12.9. The normalized spacial score (nSPS) is 11.7. The Hall–Kier alpha value is -3.78. The van der Waals surface area contributed by atoms with E-state index < -0.39 is 9.84 Å². The van der Waals surface area contributed by atoms with Gasteiger partial charge in [-0.05, 0) is 36.3 Å². The highest BCUT2D eigenvalue weighted by atomic mass is 32.2. The predicted molar refractivity (Wildman–Crippen MR) is 139 cm³/mol. The SMILES string of the molecule is COc1cc(OC)c(/C=C/S(=O)(=O)Cc2ccc(OC)c(/N=C\c3ccc(C)cc3)c2)c(OC)c1. The highest BCUT2D eigenvalue weighted by Crippen LogP contribution is 2.35. The summed E-state index contributed by atoms with van der Waals surface area (Å²) in [6, 6.07) is 16.4. The number of rotatable bonds is 10. The van der Waals surface area contributed by atoms with Gasteiger partial charge in [-0.15, -0.1) is 0 Å². The molecule has 0 saturated carbocycles. The number of nitrogens with zero attached hydrogens (tertiary/aromatic N) is 1. The van der Waals surface area contributed by atoms with E-state index in [1.165, 1.54) is 27.4 Å². The maximum Gasteiger partial charge on any atom is 0.175 e. The van der Waals surface area contributed by atoms with Crippen LogP contribution in [0.25, 0.3) is 6.08 Å². The van der Waals surface area contributed by atoms with Crippen LogP contribution in [0.5, 0.6) is 23.0 Å². The number of aryl methyl sites for hydroxylation is 1. The van der Waals surface area contributed by atoms with Crippen molar-refractivity contribution in [2.45, 2.75) is 12.7 Å². The van der Waals surface area contributed by atoms with Gasteiger partial charge in [0.2, 0.25) is 0 Å².